The molecule has 1 aromatic heterocycles. The van der Waals surface area contributed by atoms with Gasteiger partial charge in [-0.05, 0) is 99.6 Å². The summed E-state index contributed by atoms with van der Waals surface area (Å²) < 4.78 is 2.37. The SMILES string of the molecule is C=Cc1ccc(-c2ccc3c(c2)c2cc(-c4ccc(Nc5ccc(-c6ccccc6)cc5)cc4)ccc2n3-c2ccccc2)cc1. The number of nitrogens with zero attached hydrogens (tertiary/aromatic N) is 1. The van der Waals surface area contributed by atoms with E-state index in [1.807, 2.05) is 12.1 Å². The Kier molecular flexibility index (Phi) is 7.01. The maximum Gasteiger partial charge on any atom is 0.0541 e. The van der Waals surface area contributed by atoms with E-state index >= 15 is 0 Å². The van der Waals surface area contributed by atoms with Gasteiger partial charge in [-0.1, -0.05) is 122 Å². The van der Waals surface area contributed by atoms with Gasteiger partial charge < -0.3 is 9.88 Å². The molecular weight excluding hydrogens is 556 g/mol. The molecule has 0 bridgehead atoms. The van der Waals surface area contributed by atoms with Crippen molar-refractivity contribution in [3.8, 4) is 39.1 Å². The summed E-state index contributed by atoms with van der Waals surface area (Å²) in [5, 5.41) is 6.03. The molecular formula is C44H32N2. The summed E-state index contributed by atoms with van der Waals surface area (Å²) in [6.07, 6.45) is 1.88. The lowest BCUT2D eigenvalue weighted by atomic mass is 9.99. The van der Waals surface area contributed by atoms with Gasteiger partial charge in [0.1, 0.15) is 0 Å². The average Bonchev–Trinajstić information content (AvgIpc) is 3.46. The van der Waals surface area contributed by atoms with Gasteiger partial charge in [0, 0.05) is 27.8 Å². The van der Waals surface area contributed by atoms with E-state index in [0.717, 1.165) is 22.6 Å². The molecule has 0 unspecified atom stereocenters. The standard InChI is InChI=1S/C44H32N2/c1-2-31-13-15-34(16-14-31)36-21-27-43-41(29-36)42-30-37(22-28-44(42)46(43)40-11-7-4-8-12-40)35-19-25-39(26-20-35)45-38-23-17-33(18-24-38)32-9-5-3-6-10-32/h2-30,45H,1H2. The number of nitrogens with one attached hydrogen (secondary N) is 1. The molecule has 0 aliphatic heterocycles. The zero-order valence-electron chi connectivity index (χ0n) is 25.4. The maximum absolute atomic E-state index is 3.90. The molecule has 46 heavy (non-hydrogen) atoms. The maximum atomic E-state index is 3.90. The van der Waals surface area contributed by atoms with Crippen molar-refractivity contribution in [3.05, 3.63) is 182 Å². The summed E-state index contributed by atoms with van der Waals surface area (Å²) in [4.78, 5) is 0. The van der Waals surface area contributed by atoms with Gasteiger partial charge in [-0.15, -0.1) is 0 Å². The largest absolute Gasteiger partial charge is 0.356 e. The van der Waals surface area contributed by atoms with Crippen LogP contribution in [-0.4, -0.2) is 4.57 Å². The zero-order chi connectivity index (χ0) is 30.9. The summed E-state index contributed by atoms with van der Waals surface area (Å²) in [5.41, 5.74) is 14.0. The lowest BCUT2D eigenvalue weighted by Crippen LogP contribution is -1.93. The van der Waals surface area contributed by atoms with Gasteiger partial charge in [0.25, 0.3) is 0 Å². The van der Waals surface area contributed by atoms with E-state index in [2.05, 4.69) is 180 Å². The molecule has 0 aliphatic carbocycles. The second kappa shape index (κ2) is 11.8. The molecule has 0 atom stereocenters. The molecule has 0 amide bonds. The van der Waals surface area contributed by atoms with Gasteiger partial charge in [0.2, 0.25) is 0 Å². The Morgan fingerprint density at radius 2 is 0.826 bits per heavy atom. The molecule has 218 valence electrons. The Balaban J connectivity index is 1.14. The first kappa shape index (κ1) is 27.4. The first-order chi connectivity index (χ1) is 22.7. The first-order valence-corrected chi connectivity index (χ1v) is 15.6. The van der Waals surface area contributed by atoms with Crippen LogP contribution in [0.5, 0.6) is 0 Å². The van der Waals surface area contributed by atoms with Gasteiger partial charge in [-0.3, -0.25) is 0 Å². The fourth-order valence-corrected chi connectivity index (χ4v) is 6.34. The molecule has 1 N–H and O–H groups in total. The van der Waals surface area contributed by atoms with Crippen LogP contribution in [-0.2, 0) is 0 Å². The topological polar surface area (TPSA) is 17.0 Å². The number of para-hydroxylation sites is 1. The Morgan fingerprint density at radius 3 is 1.33 bits per heavy atom. The van der Waals surface area contributed by atoms with E-state index in [4.69, 9.17) is 0 Å². The Bertz CT molecular complexity index is 2290. The molecule has 8 aromatic rings. The molecule has 0 aliphatic rings. The molecule has 7 aromatic carbocycles. The minimum Gasteiger partial charge on any atom is -0.356 e. The first-order valence-electron chi connectivity index (χ1n) is 15.6. The Labute approximate surface area is 269 Å². The fraction of sp³-hybridized carbons (Fsp3) is 0. The van der Waals surface area contributed by atoms with E-state index < -0.39 is 0 Å². The van der Waals surface area contributed by atoms with Crippen LogP contribution >= 0.6 is 0 Å². The predicted octanol–water partition coefficient (Wildman–Crippen LogP) is 12.2. The fourth-order valence-electron chi connectivity index (χ4n) is 6.34. The van der Waals surface area contributed by atoms with Crippen LogP contribution in [0.2, 0.25) is 0 Å². The summed E-state index contributed by atoms with van der Waals surface area (Å²) in [6.45, 7) is 3.90. The highest BCUT2D eigenvalue weighted by molar-refractivity contribution is 6.11. The molecule has 2 nitrogen and oxygen atoms in total. The number of fused-ring (bicyclic) bond motifs is 3. The minimum atomic E-state index is 1.06. The highest BCUT2D eigenvalue weighted by Gasteiger charge is 2.14. The van der Waals surface area contributed by atoms with Crippen molar-refractivity contribution >= 4 is 39.3 Å². The smallest absolute Gasteiger partial charge is 0.0541 e. The van der Waals surface area contributed by atoms with E-state index in [0.29, 0.717) is 0 Å². The molecule has 1 heterocycles. The van der Waals surface area contributed by atoms with Crippen molar-refractivity contribution in [3.63, 3.8) is 0 Å². The van der Waals surface area contributed by atoms with Crippen molar-refractivity contribution < 1.29 is 0 Å². The van der Waals surface area contributed by atoms with Gasteiger partial charge in [0.15, 0.2) is 0 Å². The van der Waals surface area contributed by atoms with E-state index in [-0.39, 0.29) is 0 Å². The van der Waals surface area contributed by atoms with Crippen LogP contribution in [0.25, 0.3) is 66.9 Å². The predicted molar refractivity (Wildman–Crippen MR) is 197 cm³/mol. The van der Waals surface area contributed by atoms with Crippen LogP contribution in [0.3, 0.4) is 0 Å². The van der Waals surface area contributed by atoms with Gasteiger partial charge >= 0.3 is 0 Å². The monoisotopic (exact) mass is 588 g/mol. The molecule has 0 saturated carbocycles. The zero-order valence-corrected chi connectivity index (χ0v) is 25.4. The van der Waals surface area contributed by atoms with Crippen molar-refractivity contribution in [2.75, 3.05) is 5.32 Å². The van der Waals surface area contributed by atoms with Crippen molar-refractivity contribution in [1.29, 1.82) is 0 Å². The molecule has 2 heteroatoms. The third-order valence-electron chi connectivity index (χ3n) is 8.76. The Morgan fingerprint density at radius 1 is 0.413 bits per heavy atom. The molecule has 0 fully saturated rings. The summed E-state index contributed by atoms with van der Waals surface area (Å²) >= 11 is 0. The van der Waals surface area contributed by atoms with Crippen LogP contribution < -0.4 is 5.32 Å². The minimum absolute atomic E-state index is 1.06. The van der Waals surface area contributed by atoms with Crippen molar-refractivity contribution in [2.45, 2.75) is 0 Å². The highest BCUT2D eigenvalue weighted by atomic mass is 15.0. The lowest BCUT2D eigenvalue weighted by molar-refractivity contribution is 1.18. The van der Waals surface area contributed by atoms with Crippen molar-refractivity contribution in [1.82, 2.24) is 4.57 Å². The van der Waals surface area contributed by atoms with Crippen LogP contribution in [0.15, 0.2) is 176 Å². The summed E-state index contributed by atoms with van der Waals surface area (Å²) in [6, 6.07) is 60.6. The number of hydrogen-bond acceptors (Lipinski definition) is 1. The van der Waals surface area contributed by atoms with Crippen LogP contribution in [0, 0.1) is 0 Å². The Hall–Kier alpha value is -6.12. The van der Waals surface area contributed by atoms with Crippen LogP contribution in [0.1, 0.15) is 5.56 Å². The summed E-state index contributed by atoms with van der Waals surface area (Å²) in [5.74, 6) is 0. The van der Waals surface area contributed by atoms with Gasteiger partial charge in [0.05, 0.1) is 11.0 Å². The number of rotatable bonds is 7. The third-order valence-corrected chi connectivity index (χ3v) is 8.76. The second-order valence-corrected chi connectivity index (χ2v) is 11.6. The number of aromatic nitrogens is 1. The van der Waals surface area contributed by atoms with E-state index in [1.54, 1.807) is 0 Å². The molecule has 8 rings (SSSR count). The van der Waals surface area contributed by atoms with Crippen molar-refractivity contribution in [2.24, 2.45) is 0 Å². The second-order valence-electron chi connectivity index (χ2n) is 11.6. The summed E-state index contributed by atoms with van der Waals surface area (Å²) in [7, 11) is 0. The quantitative estimate of drug-likeness (QED) is 0.196. The van der Waals surface area contributed by atoms with E-state index in [9.17, 15) is 0 Å². The molecule has 0 spiro atoms. The normalized spacial score (nSPS) is 11.1. The highest BCUT2D eigenvalue weighted by Crippen LogP contribution is 2.37. The average molecular weight is 589 g/mol. The number of hydrogen-bond donors (Lipinski definition) is 1. The van der Waals surface area contributed by atoms with Crippen LogP contribution in [0.4, 0.5) is 11.4 Å². The third kappa shape index (κ3) is 5.16. The van der Waals surface area contributed by atoms with Gasteiger partial charge in [-0.2, -0.15) is 0 Å². The molecule has 0 radical (unpaired) electrons. The molecule has 0 saturated heterocycles. The number of benzene rings is 7. The van der Waals surface area contributed by atoms with E-state index in [1.165, 1.54) is 55.2 Å². The lowest BCUT2D eigenvalue weighted by Gasteiger charge is -2.10. The van der Waals surface area contributed by atoms with Gasteiger partial charge in [-0.25, -0.2) is 0 Å². The number of anilines is 2.